The fourth-order valence-electron chi connectivity index (χ4n) is 2.75. The second-order valence-electron chi connectivity index (χ2n) is 4.82. The maximum Gasteiger partial charge on any atom is 0.129 e. The summed E-state index contributed by atoms with van der Waals surface area (Å²) < 4.78 is 2.16. The molecule has 90 valence electrons. The highest BCUT2D eigenvalue weighted by atomic mass is 35.5. The molecule has 0 saturated heterocycles. The summed E-state index contributed by atoms with van der Waals surface area (Å²) in [5, 5.41) is 5.20. The van der Waals surface area contributed by atoms with Crippen LogP contribution < -0.4 is 0 Å². The van der Waals surface area contributed by atoms with Crippen LogP contribution in [0.3, 0.4) is 0 Å². The maximum atomic E-state index is 5.94. The van der Waals surface area contributed by atoms with Gasteiger partial charge in [-0.15, -0.1) is 0 Å². The number of nitrogens with zero attached hydrogens (tertiary/aromatic N) is 3. The maximum absolute atomic E-state index is 5.94. The smallest absolute Gasteiger partial charge is 0.129 e. The van der Waals surface area contributed by atoms with Crippen molar-refractivity contribution < 1.29 is 0 Å². The van der Waals surface area contributed by atoms with E-state index < -0.39 is 0 Å². The lowest BCUT2D eigenvalue weighted by atomic mass is 9.95. The molecule has 3 nitrogen and oxygen atoms in total. The van der Waals surface area contributed by atoms with Gasteiger partial charge in [0.15, 0.2) is 0 Å². The lowest BCUT2D eigenvalue weighted by Gasteiger charge is -2.22. The minimum absolute atomic E-state index is 0.544. The summed E-state index contributed by atoms with van der Waals surface area (Å²) in [7, 11) is 0. The number of aromatic nitrogens is 3. The van der Waals surface area contributed by atoms with Crippen LogP contribution in [0, 0.1) is 6.92 Å². The van der Waals surface area contributed by atoms with Crippen molar-refractivity contribution in [1.82, 2.24) is 14.8 Å². The fourth-order valence-corrected chi connectivity index (χ4v) is 2.89. The molecule has 0 N–H and O–H groups in total. The molecular formula is C13H16ClN3. The summed E-state index contributed by atoms with van der Waals surface area (Å²) in [5.74, 6) is 0. The molecule has 4 heteroatoms. The highest BCUT2D eigenvalue weighted by Crippen LogP contribution is 2.31. The summed E-state index contributed by atoms with van der Waals surface area (Å²) in [5.41, 5.74) is 3.05. The molecule has 0 bridgehead atoms. The molecule has 1 saturated carbocycles. The van der Waals surface area contributed by atoms with Gasteiger partial charge < -0.3 is 0 Å². The van der Waals surface area contributed by atoms with Crippen LogP contribution in [0.4, 0.5) is 0 Å². The lowest BCUT2D eigenvalue weighted by Crippen LogP contribution is -2.14. The summed E-state index contributed by atoms with van der Waals surface area (Å²) >= 11 is 5.94. The number of hydrogen-bond acceptors (Lipinski definition) is 2. The van der Waals surface area contributed by atoms with Crippen LogP contribution in [0.2, 0.25) is 5.15 Å². The number of rotatable bonds is 1. The van der Waals surface area contributed by atoms with Crippen molar-refractivity contribution >= 4 is 22.6 Å². The molecule has 1 aliphatic carbocycles. The SMILES string of the molecule is Cc1nn(C2CCCCC2)c2ccc(Cl)nc12. The zero-order valence-electron chi connectivity index (χ0n) is 9.99. The molecule has 0 spiro atoms. The molecule has 17 heavy (non-hydrogen) atoms. The predicted octanol–water partition coefficient (Wildman–Crippen LogP) is 3.90. The van der Waals surface area contributed by atoms with Crippen LogP contribution in [0.5, 0.6) is 0 Å². The van der Waals surface area contributed by atoms with E-state index in [1.807, 2.05) is 19.1 Å². The van der Waals surface area contributed by atoms with Crippen molar-refractivity contribution in [2.24, 2.45) is 0 Å². The average molecular weight is 250 g/mol. The van der Waals surface area contributed by atoms with Crippen molar-refractivity contribution in [3.8, 4) is 0 Å². The first-order valence-electron chi connectivity index (χ1n) is 6.27. The Balaban J connectivity index is 2.10. The van der Waals surface area contributed by atoms with Gasteiger partial charge in [-0.3, -0.25) is 4.68 Å². The Morgan fingerprint density at radius 2 is 2.00 bits per heavy atom. The molecule has 3 rings (SSSR count). The first-order chi connectivity index (χ1) is 8.25. The molecule has 0 amide bonds. The van der Waals surface area contributed by atoms with Gasteiger partial charge >= 0.3 is 0 Å². The molecule has 0 aromatic carbocycles. The van der Waals surface area contributed by atoms with Crippen molar-refractivity contribution in [3.05, 3.63) is 23.0 Å². The Morgan fingerprint density at radius 1 is 1.24 bits per heavy atom. The topological polar surface area (TPSA) is 30.7 Å². The van der Waals surface area contributed by atoms with Gasteiger partial charge in [0.2, 0.25) is 0 Å². The Kier molecular flexibility index (Phi) is 2.79. The average Bonchev–Trinajstić information content (AvgIpc) is 2.68. The molecule has 1 fully saturated rings. The second-order valence-corrected chi connectivity index (χ2v) is 5.21. The van der Waals surface area contributed by atoms with Crippen LogP contribution in [-0.2, 0) is 0 Å². The van der Waals surface area contributed by atoms with Gasteiger partial charge in [0, 0.05) is 0 Å². The standard InChI is InChI=1S/C13H16ClN3/c1-9-13-11(7-8-12(14)15-13)17(16-9)10-5-3-2-4-6-10/h7-8,10H,2-6H2,1H3. The van der Waals surface area contributed by atoms with E-state index in [0.717, 1.165) is 16.7 Å². The summed E-state index contributed by atoms with van der Waals surface area (Å²) in [6.07, 6.45) is 6.45. The molecule has 0 atom stereocenters. The molecule has 2 aromatic heterocycles. The van der Waals surface area contributed by atoms with Crippen LogP contribution in [0.25, 0.3) is 11.0 Å². The van der Waals surface area contributed by atoms with E-state index in [-0.39, 0.29) is 0 Å². The quantitative estimate of drug-likeness (QED) is 0.718. The third-order valence-corrected chi connectivity index (χ3v) is 3.82. The zero-order valence-corrected chi connectivity index (χ0v) is 10.7. The van der Waals surface area contributed by atoms with Gasteiger partial charge in [0.05, 0.1) is 17.3 Å². The van der Waals surface area contributed by atoms with E-state index in [1.165, 1.54) is 32.1 Å². The Bertz CT molecular complexity index is 541. The number of aryl methyl sites for hydroxylation is 1. The summed E-state index contributed by atoms with van der Waals surface area (Å²) in [6, 6.07) is 4.44. The monoisotopic (exact) mass is 249 g/mol. The van der Waals surface area contributed by atoms with E-state index in [1.54, 1.807) is 0 Å². The normalized spacial score (nSPS) is 17.8. The van der Waals surface area contributed by atoms with Crippen LogP contribution in [0.1, 0.15) is 43.8 Å². The summed E-state index contributed by atoms with van der Waals surface area (Å²) in [4.78, 5) is 4.37. The van der Waals surface area contributed by atoms with Gasteiger partial charge in [-0.2, -0.15) is 5.10 Å². The van der Waals surface area contributed by atoms with Gasteiger partial charge in [0.25, 0.3) is 0 Å². The van der Waals surface area contributed by atoms with Crippen molar-refractivity contribution in [1.29, 1.82) is 0 Å². The van der Waals surface area contributed by atoms with E-state index in [9.17, 15) is 0 Å². The van der Waals surface area contributed by atoms with Gasteiger partial charge in [-0.05, 0) is 31.9 Å². The van der Waals surface area contributed by atoms with E-state index in [2.05, 4.69) is 14.8 Å². The minimum Gasteiger partial charge on any atom is -0.260 e. The van der Waals surface area contributed by atoms with E-state index in [4.69, 9.17) is 11.6 Å². The molecule has 2 aromatic rings. The Labute approximate surface area is 106 Å². The lowest BCUT2D eigenvalue weighted by molar-refractivity contribution is 0.336. The first kappa shape index (κ1) is 11.0. The molecule has 0 unspecified atom stereocenters. The predicted molar refractivity (Wildman–Crippen MR) is 69.4 cm³/mol. The third-order valence-electron chi connectivity index (χ3n) is 3.61. The van der Waals surface area contributed by atoms with Crippen molar-refractivity contribution in [2.45, 2.75) is 45.1 Å². The van der Waals surface area contributed by atoms with Crippen LogP contribution >= 0.6 is 11.6 Å². The van der Waals surface area contributed by atoms with E-state index >= 15 is 0 Å². The van der Waals surface area contributed by atoms with Crippen molar-refractivity contribution in [2.75, 3.05) is 0 Å². The van der Waals surface area contributed by atoms with Crippen LogP contribution in [0.15, 0.2) is 12.1 Å². The third kappa shape index (κ3) is 1.93. The fraction of sp³-hybridized carbons (Fsp3) is 0.538. The number of halogens is 1. The van der Waals surface area contributed by atoms with Gasteiger partial charge in [0.1, 0.15) is 10.7 Å². The van der Waals surface area contributed by atoms with Gasteiger partial charge in [-0.25, -0.2) is 4.98 Å². The Morgan fingerprint density at radius 3 is 2.76 bits per heavy atom. The van der Waals surface area contributed by atoms with E-state index in [0.29, 0.717) is 11.2 Å². The largest absolute Gasteiger partial charge is 0.260 e. The van der Waals surface area contributed by atoms with Crippen LogP contribution in [-0.4, -0.2) is 14.8 Å². The number of fused-ring (bicyclic) bond motifs is 1. The van der Waals surface area contributed by atoms with Gasteiger partial charge in [-0.1, -0.05) is 30.9 Å². The molecule has 0 aliphatic heterocycles. The molecule has 2 heterocycles. The summed E-state index contributed by atoms with van der Waals surface area (Å²) in [6.45, 7) is 2.00. The second kappa shape index (κ2) is 4.30. The van der Waals surface area contributed by atoms with Crippen molar-refractivity contribution in [3.63, 3.8) is 0 Å². The highest BCUT2D eigenvalue weighted by Gasteiger charge is 2.19. The minimum atomic E-state index is 0.544. The molecular weight excluding hydrogens is 234 g/mol. The Hall–Kier alpha value is -1.09. The molecule has 1 aliphatic rings. The zero-order chi connectivity index (χ0) is 11.8. The highest BCUT2D eigenvalue weighted by molar-refractivity contribution is 6.29. The number of hydrogen-bond donors (Lipinski definition) is 0. The molecule has 0 radical (unpaired) electrons. The number of pyridine rings is 1. The first-order valence-corrected chi connectivity index (χ1v) is 6.65.